The van der Waals surface area contributed by atoms with Gasteiger partial charge in [-0.2, -0.15) is 0 Å². The molecule has 0 radical (unpaired) electrons. The number of carboxylic acids is 1. The summed E-state index contributed by atoms with van der Waals surface area (Å²) >= 11 is 0. The lowest BCUT2D eigenvalue weighted by atomic mass is 10.1. The minimum Gasteiger partial charge on any atom is -0.476 e. The Kier molecular flexibility index (Phi) is 3.09. The summed E-state index contributed by atoms with van der Waals surface area (Å²) < 4.78 is 9.59. The van der Waals surface area contributed by atoms with Crippen LogP contribution in [-0.2, 0) is 4.74 Å². The molecule has 0 spiro atoms. The predicted molar refractivity (Wildman–Crippen MR) is 60.2 cm³/mol. The first kappa shape index (κ1) is 11.8. The maximum Gasteiger partial charge on any atom is 0.357 e. The van der Waals surface area contributed by atoms with Crippen molar-refractivity contribution in [1.82, 2.24) is 4.98 Å². The van der Waals surface area contributed by atoms with Gasteiger partial charge in [0.05, 0.1) is 12.7 Å². The Hall–Kier alpha value is -2.63. The third-order valence-electron chi connectivity index (χ3n) is 2.28. The van der Waals surface area contributed by atoms with E-state index in [0.29, 0.717) is 11.1 Å². The van der Waals surface area contributed by atoms with Crippen molar-refractivity contribution in [3.63, 3.8) is 0 Å². The van der Waals surface area contributed by atoms with Crippen molar-refractivity contribution < 1.29 is 23.8 Å². The summed E-state index contributed by atoms with van der Waals surface area (Å²) in [6.45, 7) is 0. The summed E-state index contributed by atoms with van der Waals surface area (Å²) in [4.78, 5) is 25.7. The van der Waals surface area contributed by atoms with E-state index in [1.165, 1.54) is 7.11 Å². The lowest BCUT2D eigenvalue weighted by Gasteiger charge is -1.99. The molecule has 2 rings (SSSR count). The van der Waals surface area contributed by atoms with Gasteiger partial charge in [0.2, 0.25) is 5.89 Å². The average molecular weight is 247 g/mol. The van der Waals surface area contributed by atoms with E-state index in [9.17, 15) is 9.59 Å². The second-order valence-electron chi connectivity index (χ2n) is 3.41. The number of benzene rings is 1. The number of rotatable bonds is 3. The molecule has 0 amide bonds. The van der Waals surface area contributed by atoms with Crippen LogP contribution in [0.5, 0.6) is 0 Å². The maximum absolute atomic E-state index is 11.2. The summed E-state index contributed by atoms with van der Waals surface area (Å²) in [5.74, 6) is -1.42. The van der Waals surface area contributed by atoms with E-state index in [4.69, 9.17) is 9.52 Å². The summed E-state index contributed by atoms with van der Waals surface area (Å²) in [6, 6.07) is 6.30. The fourth-order valence-electron chi connectivity index (χ4n) is 1.37. The fourth-order valence-corrected chi connectivity index (χ4v) is 1.37. The molecule has 0 fully saturated rings. The largest absolute Gasteiger partial charge is 0.476 e. The van der Waals surface area contributed by atoms with Gasteiger partial charge in [0.1, 0.15) is 6.26 Å². The third kappa shape index (κ3) is 2.22. The van der Waals surface area contributed by atoms with Crippen LogP contribution in [0.4, 0.5) is 0 Å². The Morgan fingerprint density at radius 2 is 1.94 bits per heavy atom. The van der Waals surface area contributed by atoms with Crippen LogP contribution in [0.3, 0.4) is 0 Å². The van der Waals surface area contributed by atoms with Gasteiger partial charge < -0.3 is 14.3 Å². The minimum absolute atomic E-state index is 0.165. The lowest BCUT2D eigenvalue weighted by Crippen LogP contribution is -2.00. The topological polar surface area (TPSA) is 89.6 Å². The van der Waals surface area contributed by atoms with Crippen molar-refractivity contribution in [2.24, 2.45) is 0 Å². The summed E-state index contributed by atoms with van der Waals surface area (Å²) in [5, 5.41) is 8.71. The molecule has 18 heavy (non-hydrogen) atoms. The van der Waals surface area contributed by atoms with Crippen LogP contribution in [0, 0.1) is 0 Å². The van der Waals surface area contributed by atoms with Gasteiger partial charge in [0.25, 0.3) is 0 Å². The van der Waals surface area contributed by atoms with Gasteiger partial charge in [-0.3, -0.25) is 0 Å². The number of carbonyl (C=O) groups excluding carboxylic acids is 1. The van der Waals surface area contributed by atoms with Crippen molar-refractivity contribution >= 4 is 11.9 Å². The molecule has 0 aliphatic carbocycles. The molecule has 0 saturated carbocycles. The Morgan fingerprint density at radius 3 is 2.44 bits per heavy atom. The van der Waals surface area contributed by atoms with Crippen LogP contribution in [0.25, 0.3) is 11.5 Å². The van der Waals surface area contributed by atoms with E-state index in [1.54, 1.807) is 24.3 Å². The number of carbonyl (C=O) groups is 2. The van der Waals surface area contributed by atoms with Gasteiger partial charge in [-0.15, -0.1) is 0 Å². The first-order valence-corrected chi connectivity index (χ1v) is 4.99. The average Bonchev–Trinajstić information content (AvgIpc) is 2.88. The standard InChI is InChI=1S/C12H9NO5/c1-17-12(16)8-4-2-7(3-5-8)10-13-9(6-18-10)11(14)15/h2-6H,1H3,(H,14,15). The van der Waals surface area contributed by atoms with E-state index in [1.807, 2.05) is 0 Å². The van der Waals surface area contributed by atoms with Crippen LogP contribution in [-0.4, -0.2) is 29.1 Å². The highest BCUT2D eigenvalue weighted by Gasteiger charge is 2.12. The number of oxazole rings is 1. The van der Waals surface area contributed by atoms with Crippen LogP contribution >= 0.6 is 0 Å². The highest BCUT2D eigenvalue weighted by molar-refractivity contribution is 5.90. The molecule has 2 aromatic rings. The number of carboxylic acid groups (broad SMARTS) is 1. The highest BCUT2D eigenvalue weighted by Crippen LogP contribution is 2.19. The second-order valence-corrected chi connectivity index (χ2v) is 3.41. The van der Waals surface area contributed by atoms with Gasteiger partial charge in [-0.05, 0) is 24.3 Å². The van der Waals surface area contributed by atoms with Crippen molar-refractivity contribution in [2.75, 3.05) is 7.11 Å². The van der Waals surface area contributed by atoms with E-state index in [-0.39, 0.29) is 11.6 Å². The Bertz CT molecular complexity index is 585. The SMILES string of the molecule is COC(=O)c1ccc(-c2nc(C(=O)O)co2)cc1. The fraction of sp³-hybridized carbons (Fsp3) is 0.0833. The maximum atomic E-state index is 11.2. The predicted octanol–water partition coefficient (Wildman–Crippen LogP) is 1.83. The van der Waals surface area contributed by atoms with E-state index in [0.717, 1.165) is 6.26 Å². The van der Waals surface area contributed by atoms with Crippen LogP contribution < -0.4 is 0 Å². The van der Waals surface area contributed by atoms with Crippen LogP contribution in [0.1, 0.15) is 20.8 Å². The third-order valence-corrected chi connectivity index (χ3v) is 2.28. The molecule has 0 unspecified atom stereocenters. The quantitative estimate of drug-likeness (QED) is 0.832. The number of esters is 1. The minimum atomic E-state index is -1.16. The van der Waals surface area contributed by atoms with Gasteiger partial charge in [-0.25, -0.2) is 14.6 Å². The second kappa shape index (κ2) is 4.70. The smallest absolute Gasteiger partial charge is 0.357 e. The van der Waals surface area contributed by atoms with Crippen molar-refractivity contribution in [1.29, 1.82) is 0 Å². The van der Waals surface area contributed by atoms with Gasteiger partial charge in [0.15, 0.2) is 5.69 Å². The molecule has 1 heterocycles. The zero-order chi connectivity index (χ0) is 13.1. The zero-order valence-electron chi connectivity index (χ0n) is 9.41. The molecule has 0 atom stereocenters. The number of nitrogens with zero attached hydrogens (tertiary/aromatic N) is 1. The molecule has 1 N–H and O–H groups in total. The summed E-state index contributed by atoms with van der Waals surface area (Å²) in [7, 11) is 1.30. The molecule has 0 aliphatic rings. The normalized spacial score (nSPS) is 10.1. The Morgan fingerprint density at radius 1 is 1.28 bits per heavy atom. The first-order chi connectivity index (χ1) is 8.61. The van der Waals surface area contributed by atoms with Crippen molar-refractivity contribution in [3.05, 3.63) is 41.8 Å². The first-order valence-electron chi connectivity index (χ1n) is 4.99. The van der Waals surface area contributed by atoms with Crippen molar-refractivity contribution in [2.45, 2.75) is 0 Å². The van der Waals surface area contributed by atoms with Gasteiger partial charge >= 0.3 is 11.9 Å². The number of aromatic nitrogens is 1. The van der Waals surface area contributed by atoms with E-state index < -0.39 is 11.9 Å². The van der Waals surface area contributed by atoms with E-state index in [2.05, 4.69) is 9.72 Å². The van der Waals surface area contributed by atoms with Crippen LogP contribution in [0.15, 0.2) is 34.9 Å². The monoisotopic (exact) mass is 247 g/mol. The molecule has 92 valence electrons. The molecule has 1 aromatic heterocycles. The number of methoxy groups -OCH3 is 1. The van der Waals surface area contributed by atoms with Crippen molar-refractivity contribution in [3.8, 4) is 11.5 Å². The number of aromatic carboxylic acids is 1. The molecule has 0 bridgehead atoms. The van der Waals surface area contributed by atoms with Gasteiger partial charge in [-0.1, -0.05) is 0 Å². The lowest BCUT2D eigenvalue weighted by molar-refractivity contribution is 0.0599. The molecule has 0 aliphatic heterocycles. The molecular formula is C12H9NO5. The Labute approximate surface area is 102 Å². The molecule has 1 aromatic carbocycles. The number of hydrogen-bond acceptors (Lipinski definition) is 5. The number of ether oxygens (including phenoxy) is 1. The molecule has 6 heteroatoms. The number of hydrogen-bond donors (Lipinski definition) is 1. The summed E-state index contributed by atoms with van der Waals surface area (Å²) in [5.41, 5.74) is 0.809. The Balaban J connectivity index is 2.28. The zero-order valence-corrected chi connectivity index (χ0v) is 9.41. The van der Waals surface area contributed by atoms with Gasteiger partial charge in [0, 0.05) is 5.56 Å². The molecular weight excluding hydrogens is 238 g/mol. The molecule has 0 saturated heterocycles. The van der Waals surface area contributed by atoms with Crippen LogP contribution in [0.2, 0.25) is 0 Å². The molecule has 6 nitrogen and oxygen atoms in total. The highest BCUT2D eigenvalue weighted by atomic mass is 16.5. The summed E-state index contributed by atoms with van der Waals surface area (Å²) in [6.07, 6.45) is 1.06. The van der Waals surface area contributed by atoms with E-state index >= 15 is 0 Å².